The molecule has 0 saturated carbocycles. The third-order valence-electron chi connectivity index (χ3n) is 12.4. The molecule has 0 radical (unpaired) electrons. The lowest BCUT2D eigenvalue weighted by atomic mass is 9.96. The predicted octanol–water partition coefficient (Wildman–Crippen LogP) is 16.4. The smallest absolute Gasteiger partial charge is 0.0462 e. The van der Waals surface area contributed by atoms with Crippen molar-refractivity contribution in [3.63, 3.8) is 0 Å². The summed E-state index contributed by atoms with van der Waals surface area (Å²) >= 11 is 0. The van der Waals surface area contributed by atoms with Gasteiger partial charge in [-0.15, -0.1) is 0 Å². The molecule has 12 rings (SSSR count). The van der Waals surface area contributed by atoms with E-state index < -0.39 is 0 Å². The fourth-order valence-electron chi connectivity index (χ4n) is 9.47. The van der Waals surface area contributed by atoms with Crippen molar-refractivity contribution >= 4 is 60.2 Å². The van der Waals surface area contributed by atoms with Crippen molar-refractivity contribution < 1.29 is 0 Å². The van der Waals surface area contributed by atoms with E-state index >= 15 is 0 Å². The first-order chi connectivity index (χ1) is 29.2. The monoisotopic (exact) mass is 747 g/mol. The van der Waals surface area contributed by atoms with Gasteiger partial charge in [-0.1, -0.05) is 176 Å². The number of rotatable bonds is 6. The first-order valence-electron chi connectivity index (χ1n) is 20.4. The van der Waals surface area contributed by atoms with Crippen LogP contribution in [-0.4, -0.2) is 0 Å². The van der Waals surface area contributed by atoms with Crippen LogP contribution in [0.3, 0.4) is 0 Å². The lowest BCUT2D eigenvalue weighted by Gasteiger charge is -2.26. The minimum absolute atomic E-state index is 1.11. The maximum Gasteiger partial charge on any atom is 0.0462 e. The summed E-state index contributed by atoms with van der Waals surface area (Å²) in [6, 6.07) is 82.5. The molecule has 0 unspecified atom stereocenters. The van der Waals surface area contributed by atoms with Crippen molar-refractivity contribution in [2.45, 2.75) is 0 Å². The normalized spacial score (nSPS) is 11.7. The van der Waals surface area contributed by atoms with Gasteiger partial charge < -0.3 is 4.90 Å². The van der Waals surface area contributed by atoms with E-state index in [4.69, 9.17) is 0 Å². The number of nitrogens with zero attached hydrogens (tertiary/aromatic N) is 1. The number of anilines is 3. The summed E-state index contributed by atoms with van der Waals surface area (Å²) < 4.78 is 0. The van der Waals surface area contributed by atoms with E-state index in [-0.39, 0.29) is 0 Å². The summed E-state index contributed by atoms with van der Waals surface area (Å²) in [4.78, 5) is 2.37. The summed E-state index contributed by atoms with van der Waals surface area (Å²) in [5, 5.41) is 10.3. The van der Waals surface area contributed by atoms with E-state index in [1.807, 2.05) is 0 Å². The maximum atomic E-state index is 2.37. The van der Waals surface area contributed by atoms with Crippen molar-refractivity contribution in [2.75, 3.05) is 4.90 Å². The third kappa shape index (κ3) is 5.55. The second-order valence-corrected chi connectivity index (χ2v) is 15.7. The minimum atomic E-state index is 1.11. The molecule has 0 saturated heterocycles. The van der Waals surface area contributed by atoms with Crippen LogP contribution in [0.1, 0.15) is 0 Å². The largest absolute Gasteiger partial charge is 0.311 e. The zero-order valence-corrected chi connectivity index (χ0v) is 32.3. The molecule has 0 heterocycles. The Morgan fingerprint density at radius 3 is 1.32 bits per heavy atom. The van der Waals surface area contributed by atoms with Gasteiger partial charge in [0.2, 0.25) is 0 Å². The van der Waals surface area contributed by atoms with Crippen molar-refractivity contribution in [3.05, 3.63) is 224 Å². The molecular weight excluding hydrogens is 711 g/mol. The van der Waals surface area contributed by atoms with Gasteiger partial charge in [0.1, 0.15) is 0 Å². The molecule has 0 fully saturated rings. The Hall–Kier alpha value is -7.74. The molecule has 0 bridgehead atoms. The van der Waals surface area contributed by atoms with Gasteiger partial charge in [0.25, 0.3) is 0 Å². The Morgan fingerprint density at radius 1 is 0.220 bits per heavy atom. The molecule has 11 aromatic carbocycles. The zero-order valence-electron chi connectivity index (χ0n) is 32.3. The molecule has 0 N–H and O–H groups in total. The average molecular weight is 748 g/mol. The summed E-state index contributed by atoms with van der Waals surface area (Å²) in [6.45, 7) is 0. The molecule has 274 valence electrons. The summed E-state index contributed by atoms with van der Waals surface area (Å²) in [5.41, 5.74) is 15.9. The Bertz CT molecular complexity index is 3400. The van der Waals surface area contributed by atoms with Gasteiger partial charge in [-0.05, 0) is 147 Å². The van der Waals surface area contributed by atoms with Crippen LogP contribution in [-0.2, 0) is 0 Å². The first kappa shape index (κ1) is 33.4. The van der Waals surface area contributed by atoms with Crippen LogP contribution in [0.4, 0.5) is 17.1 Å². The van der Waals surface area contributed by atoms with Gasteiger partial charge in [0.15, 0.2) is 0 Å². The molecule has 1 aliphatic carbocycles. The van der Waals surface area contributed by atoms with Crippen LogP contribution >= 0.6 is 0 Å². The van der Waals surface area contributed by atoms with E-state index in [0.29, 0.717) is 0 Å². The van der Waals surface area contributed by atoms with Gasteiger partial charge in [0, 0.05) is 17.1 Å². The highest BCUT2D eigenvalue weighted by Crippen LogP contribution is 2.48. The number of fused-ring (bicyclic) bond motifs is 7. The Balaban J connectivity index is 0.926. The summed E-state index contributed by atoms with van der Waals surface area (Å²) in [7, 11) is 0. The third-order valence-corrected chi connectivity index (χ3v) is 12.4. The topological polar surface area (TPSA) is 3.24 Å². The van der Waals surface area contributed by atoms with Gasteiger partial charge in [-0.3, -0.25) is 0 Å². The summed E-state index contributed by atoms with van der Waals surface area (Å²) in [6.07, 6.45) is 0. The van der Waals surface area contributed by atoms with E-state index in [1.165, 1.54) is 98.7 Å². The zero-order chi connectivity index (χ0) is 38.9. The molecule has 1 nitrogen and oxygen atoms in total. The Morgan fingerprint density at radius 2 is 0.661 bits per heavy atom. The van der Waals surface area contributed by atoms with Crippen LogP contribution in [0, 0.1) is 0 Å². The molecular formula is C58H37N. The molecule has 1 heteroatoms. The van der Waals surface area contributed by atoms with E-state index in [0.717, 1.165) is 17.1 Å². The number of hydrogen-bond acceptors (Lipinski definition) is 1. The Labute approximate surface area is 343 Å². The number of benzene rings is 11. The van der Waals surface area contributed by atoms with Gasteiger partial charge in [-0.2, -0.15) is 0 Å². The molecule has 59 heavy (non-hydrogen) atoms. The minimum Gasteiger partial charge on any atom is -0.311 e. The highest BCUT2D eigenvalue weighted by molar-refractivity contribution is 6.15. The average Bonchev–Trinajstić information content (AvgIpc) is 3.63. The molecule has 0 amide bonds. The van der Waals surface area contributed by atoms with Gasteiger partial charge >= 0.3 is 0 Å². The fourth-order valence-corrected chi connectivity index (χ4v) is 9.47. The Kier molecular flexibility index (Phi) is 7.61. The first-order valence-corrected chi connectivity index (χ1v) is 20.4. The lowest BCUT2D eigenvalue weighted by Crippen LogP contribution is -2.09. The highest BCUT2D eigenvalue weighted by Gasteiger charge is 2.22. The second kappa shape index (κ2) is 13.4. The van der Waals surface area contributed by atoms with Crippen molar-refractivity contribution in [1.29, 1.82) is 0 Å². The van der Waals surface area contributed by atoms with Crippen molar-refractivity contribution in [2.24, 2.45) is 0 Å². The SMILES string of the molecule is c1ccc2c(-c3ccc(N(c4ccc(-c5ccc6c(c5)-c5cccc7cccc-6c57)cc4)c4ccc(-c5ccc6ccc7ccccc7c6c5)cc4)cc3)cccc2c1. The second-order valence-electron chi connectivity index (χ2n) is 15.7. The van der Waals surface area contributed by atoms with E-state index in [2.05, 4.69) is 229 Å². The highest BCUT2D eigenvalue weighted by atomic mass is 15.1. The summed E-state index contributed by atoms with van der Waals surface area (Å²) in [5.74, 6) is 0. The van der Waals surface area contributed by atoms with Crippen molar-refractivity contribution in [3.8, 4) is 55.6 Å². The molecule has 11 aromatic rings. The molecule has 0 aliphatic heterocycles. The molecule has 0 atom stereocenters. The number of hydrogen-bond donors (Lipinski definition) is 0. The molecule has 1 aliphatic rings. The predicted molar refractivity (Wildman–Crippen MR) is 252 cm³/mol. The van der Waals surface area contributed by atoms with E-state index in [1.54, 1.807) is 0 Å². The molecule has 0 spiro atoms. The van der Waals surface area contributed by atoms with Crippen LogP contribution < -0.4 is 4.90 Å². The van der Waals surface area contributed by atoms with Crippen LogP contribution in [0.25, 0.3) is 98.7 Å². The van der Waals surface area contributed by atoms with Crippen LogP contribution in [0.2, 0.25) is 0 Å². The lowest BCUT2D eigenvalue weighted by molar-refractivity contribution is 1.28. The standard InChI is InChI=1S/C58H37N/c1-3-13-50-40(8-1)10-5-15-51(50)42-26-33-49(34-27-42)59(47-29-22-38(23-30-47)45-21-20-43-19-18-41-9-2-4-14-52(41)56(43)36-45)48-31-24-39(25-32-48)46-28-35-53-54-16-6-11-44-12-7-17-55(58(44)54)57(53)37-46/h1-37H. The maximum absolute atomic E-state index is 2.37. The van der Waals surface area contributed by atoms with Gasteiger partial charge in [0.05, 0.1) is 0 Å². The fraction of sp³-hybridized carbons (Fsp3) is 0. The quantitative estimate of drug-likeness (QED) is 0.153. The molecule has 0 aromatic heterocycles. The van der Waals surface area contributed by atoms with Crippen LogP contribution in [0.15, 0.2) is 224 Å². The van der Waals surface area contributed by atoms with E-state index in [9.17, 15) is 0 Å². The van der Waals surface area contributed by atoms with Crippen molar-refractivity contribution in [1.82, 2.24) is 0 Å². The van der Waals surface area contributed by atoms with Gasteiger partial charge in [-0.25, -0.2) is 0 Å². The van der Waals surface area contributed by atoms with Crippen LogP contribution in [0.5, 0.6) is 0 Å².